The van der Waals surface area contributed by atoms with Gasteiger partial charge in [-0.3, -0.25) is 14.6 Å². The number of nitrogens with zero attached hydrogens (tertiary/aromatic N) is 3. The molecular formula is C25H31N3O5. The SMILES string of the molecule is CCN(CC)CCCN1C(=O)C(=O)/C(=C(/O)c2ccc(OC)c(OC)c2)C1c1ccccn1. The molecule has 176 valence electrons. The number of hydrogen-bond donors (Lipinski definition) is 1. The van der Waals surface area contributed by atoms with Crippen LogP contribution in [-0.2, 0) is 9.59 Å². The van der Waals surface area contributed by atoms with Gasteiger partial charge in [-0.25, -0.2) is 0 Å². The molecule has 33 heavy (non-hydrogen) atoms. The Hall–Kier alpha value is -3.39. The van der Waals surface area contributed by atoms with Gasteiger partial charge in [-0.1, -0.05) is 19.9 Å². The van der Waals surface area contributed by atoms with E-state index in [0.717, 1.165) is 19.6 Å². The summed E-state index contributed by atoms with van der Waals surface area (Å²) in [7, 11) is 3.01. The maximum Gasteiger partial charge on any atom is 0.295 e. The highest BCUT2D eigenvalue weighted by Gasteiger charge is 2.46. The molecular weight excluding hydrogens is 422 g/mol. The first-order valence-electron chi connectivity index (χ1n) is 11.1. The maximum absolute atomic E-state index is 13.1. The number of Topliss-reactive ketones (excluding diaryl/α,β-unsaturated/α-hetero) is 1. The van der Waals surface area contributed by atoms with Crippen molar-refractivity contribution >= 4 is 17.4 Å². The summed E-state index contributed by atoms with van der Waals surface area (Å²) in [6.45, 7) is 7.20. The molecule has 0 saturated carbocycles. The van der Waals surface area contributed by atoms with Crippen LogP contribution in [0.25, 0.3) is 5.76 Å². The van der Waals surface area contributed by atoms with Crippen molar-refractivity contribution in [3.8, 4) is 11.5 Å². The quantitative estimate of drug-likeness (QED) is 0.335. The predicted octanol–water partition coefficient (Wildman–Crippen LogP) is 3.25. The Bertz CT molecular complexity index is 1020. The van der Waals surface area contributed by atoms with E-state index in [1.54, 1.807) is 42.6 Å². The molecule has 3 rings (SSSR count). The molecule has 1 saturated heterocycles. The van der Waals surface area contributed by atoms with E-state index in [9.17, 15) is 14.7 Å². The normalized spacial score (nSPS) is 17.6. The average molecular weight is 454 g/mol. The molecule has 0 spiro atoms. The van der Waals surface area contributed by atoms with Crippen LogP contribution in [-0.4, -0.2) is 72.0 Å². The molecule has 2 heterocycles. The van der Waals surface area contributed by atoms with Crippen LogP contribution >= 0.6 is 0 Å². The van der Waals surface area contributed by atoms with E-state index in [2.05, 4.69) is 23.7 Å². The van der Waals surface area contributed by atoms with Crippen LogP contribution in [0.2, 0.25) is 0 Å². The van der Waals surface area contributed by atoms with Crippen LogP contribution in [0.15, 0.2) is 48.2 Å². The first-order valence-corrected chi connectivity index (χ1v) is 11.1. The number of carbonyl (C=O) groups excluding carboxylic acids is 2. The summed E-state index contributed by atoms with van der Waals surface area (Å²) in [5.41, 5.74) is 0.907. The Morgan fingerprint density at radius 3 is 2.42 bits per heavy atom. The van der Waals surface area contributed by atoms with Gasteiger partial charge in [0.05, 0.1) is 25.5 Å². The fourth-order valence-electron chi connectivity index (χ4n) is 4.10. The Balaban J connectivity index is 2.03. The standard InChI is InChI=1S/C25H31N3O5/c1-5-27(6-2)14-9-15-28-22(18-10-7-8-13-26-18)21(24(30)25(28)31)23(29)17-11-12-19(32-3)20(16-17)33-4/h7-8,10-13,16,22,29H,5-6,9,14-15H2,1-4H3/b23-21+. The molecule has 1 aliphatic rings. The molecule has 1 unspecified atom stereocenters. The van der Waals surface area contributed by atoms with Crippen molar-refractivity contribution in [3.05, 3.63) is 59.4 Å². The number of aliphatic hydroxyl groups is 1. The first-order chi connectivity index (χ1) is 16.0. The minimum atomic E-state index is -0.768. The molecule has 8 heteroatoms. The number of carbonyl (C=O) groups is 2. The number of aliphatic hydroxyl groups excluding tert-OH is 1. The number of pyridine rings is 1. The molecule has 2 aromatic rings. The van der Waals surface area contributed by atoms with E-state index in [0.29, 0.717) is 35.7 Å². The van der Waals surface area contributed by atoms with Crippen molar-refractivity contribution in [1.29, 1.82) is 0 Å². The van der Waals surface area contributed by atoms with Gasteiger partial charge >= 0.3 is 0 Å². The number of ketones is 1. The van der Waals surface area contributed by atoms with Crippen molar-refractivity contribution in [3.63, 3.8) is 0 Å². The number of hydrogen-bond acceptors (Lipinski definition) is 7. The average Bonchev–Trinajstić information content (AvgIpc) is 3.11. The van der Waals surface area contributed by atoms with Gasteiger partial charge in [0, 0.05) is 18.3 Å². The van der Waals surface area contributed by atoms with Gasteiger partial charge in [-0.05, 0) is 56.4 Å². The molecule has 1 amide bonds. The lowest BCUT2D eigenvalue weighted by molar-refractivity contribution is -0.140. The number of benzene rings is 1. The molecule has 0 aliphatic carbocycles. The number of aromatic nitrogens is 1. The second kappa shape index (κ2) is 11.0. The maximum atomic E-state index is 13.1. The summed E-state index contributed by atoms with van der Waals surface area (Å²) in [5, 5.41) is 11.2. The first kappa shape index (κ1) is 24.3. The summed E-state index contributed by atoms with van der Waals surface area (Å²) in [4.78, 5) is 34.3. The van der Waals surface area contributed by atoms with E-state index in [1.807, 2.05) is 0 Å². The van der Waals surface area contributed by atoms with Crippen molar-refractivity contribution in [2.75, 3.05) is 40.4 Å². The van der Waals surface area contributed by atoms with Gasteiger partial charge in [-0.2, -0.15) is 0 Å². The summed E-state index contributed by atoms with van der Waals surface area (Å²) < 4.78 is 10.6. The Kier molecular flexibility index (Phi) is 8.06. The Morgan fingerprint density at radius 1 is 1.09 bits per heavy atom. The van der Waals surface area contributed by atoms with Crippen molar-refractivity contribution in [1.82, 2.24) is 14.8 Å². The molecule has 1 aromatic heterocycles. The number of likely N-dealkylation sites (tertiary alicyclic amines) is 1. The largest absolute Gasteiger partial charge is 0.507 e. The van der Waals surface area contributed by atoms with E-state index in [4.69, 9.17) is 9.47 Å². The Morgan fingerprint density at radius 2 is 1.82 bits per heavy atom. The van der Waals surface area contributed by atoms with Crippen molar-refractivity contribution in [2.24, 2.45) is 0 Å². The Labute approximate surface area is 194 Å². The highest BCUT2D eigenvalue weighted by Crippen LogP contribution is 2.40. The third kappa shape index (κ3) is 5.01. The van der Waals surface area contributed by atoms with Gasteiger partial charge < -0.3 is 24.4 Å². The van der Waals surface area contributed by atoms with E-state index in [1.165, 1.54) is 19.1 Å². The van der Waals surface area contributed by atoms with Gasteiger partial charge in [0.25, 0.3) is 11.7 Å². The number of amides is 1. The zero-order valence-corrected chi connectivity index (χ0v) is 19.6. The van der Waals surface area contributed by atoms with E-state index in [-0.39, 0.29) is 11.3 Å². The lowest BCUT2D eigenvalue weighted by Crippen LogP contribution is -2.33. The van der Waals surface area contributed by atoms with Gasteiger partial charge in [0.2, 0.25) is 0 Å². The van der Waals surface area contributed by atoms with Crippen molar-refractivity contribution < 1.29 is 24.2 Å². The molecule has 0 radical (unpaired) electrons. The zero-order chi connectivity index (χ0) is 24.0. The van der Waals surface area contributed by atoms with Gasteiger partial charge in [0.1, 0.15) is 11.8 Å². The van der Waals surface area contributed by atoms with Crippen LogP contribution in [0.3, 0.4) is 0 Å². The second-order valence-corrected chi connectivity index (χ2v) is 7.70. The number of ether oxygens (including phenoxy) is 2. The molecule has 1 aliphatic heterocycles. The topological polar surface area (TPSA) is 92.2 Å². The third-order valence-electron chi connectivity index (χ3n) is 5.93. The molecule has 8 nitrogen and oxygen atoms in total. The van der Waals surface area contributed by atoms with Crippen LogP contribution < -0.4 is 9.47 Å². The van der Waals surface area contributed by atoms with Crippen LogP contribution in [0.4, 0.5) is 0 Å². The number of methoxy groups -OCH3 is 2. The lowest BCUT2D eigenvalue weighted by atomic mass is 9.98. The lowest BCUT2D eigenvalue weighted by Gasteiger charge is -2.26. The predicted molar refractivity (Wildman–Crippen MR) is 125 cm³/mol. The second-order valence-electron chi connectivity index (χ2n) is 7.70. The van der Waals surface area contributed by atoms with E-state index < -0.39 is 17.7 Å². The van der Waals surface area contributed by atoms with Crippen LogP contribution in [0, 0.1) is 0 Å². The molecule has 1 aromatic carbocycles. The smallest absolute Gasteiger partial charge is 0.295 e. The minimum absolute atomic E-state index is 0.0220. The van der Waals surface area contributed by atoms with Gasteiger partial charge in [0.15, 0.2) is 11.5 Å². The highest BCUT2D eigenvalue weighted by molar-refractivity contribution is 6.46. The molecule has 0 bridgehead atoms. The summed E-state index contributed by atoms with van der Waals surface area (Å²) in [6, 6.07) is 9.41. The summed E-state index contributed by atoms with van der Waals surface area (Å²) >= 11 is 0. The fourth-order valence-corrected chi connectivity index (χ4v) is 4.10. The number of rotatable bonds is 10. The fraction of sp³-hybridized carbons (Fsp3) is 0.400. The van der Waals surface area contributed by atoms with Crippen molar-refractivity contribution in [2.45, 2.75) is 26.3 Å². The minimum Gasteiger partial charge on any atom is -0.507 e. The molecule has 1 fully saturated rings. The molecule has 1 atom stereocenters. The van der Waals surface area contributed by atoms with Crippen LogP contribution in [0.1, 0.15) is 37.6 Å². The zero-order valence-electron chi connectivity index (χ0n) is 19.6. The third-order valence-corrected chi connectivity index (χ3v) is 5.93. The summed E-state index contributed by atoms with van der Waals surface area (Å²) in [6.07, 6.45) is 2.32. The molecule has 1 N–H and O–H groups in total. The van der Waals surface area contributed by atoms with Gasteiger partial charge in [-0.15, -0.1) is 0 Å². The summed E-state index contributed by atoms with van der Waals surface area (Å²) in [5.74, 6) is -0.722. The van der Waals surface area contributed by atoms with Crippen LogP contribution in [0.5, 0.6) is 11.5 Å². The van der Waals surface area contributed by atoms with E-state index >= 15 is 0 Å². The highest BCUT2D eigenvalue weighted by atomic mass is 16.5. The monoisotopic (exact) mass is 453 g/mol.